The molecule has 3 N–H and O–H groups in total. The van der Waals surface area contributed by atoms with E-state index in [1.807, 2.05) is 54.7 Å². The number of esters is 1. The third-order valence-corrected chi connectivity index (χ3v) is 3.98. The molecule has 5 heteroatoms. The third-order valence-electron chi connectivity index (χ3n) is 3.98. The molecule has 2 aromatic carbocycles. The molecule has 0 aliphatic heterocycles. The van der Waals surface area contributed by atoms with E-state index < -0.39 is 12.0 Å². The van der Waals surface area contributed by atoms with Crippen molar-refractivity contribution in [2.24, 2.45) is 5.73 Å². The summed E-state index contributed by atoms with van der Waals surface area (Å²) in [7, 11) is 1.59. The Labute approximate surface area is 140 Å². The van der Waals surface area contributed by atoms with Crippen molar-refractivity contribution < 1.29 is 14.3 Å². The van der Waals surface area contributed by atoms with Crippen LogP contribution in [-0.2, 0) is 22.6 Å². The SMILES string of the molecule is COc1ccccc1COC(=O)[C@@H](N)Cc1c[nH]c2ccccc12. The van der Waals surface area contributed by atoms with Crippen LogP contribution in [0.25, 0.3) is 10.9 Å². The number of benzene rings is 2. The van der Waals surface area contributed by atoms with Crippen LogP contribution in [0.5, 0.6) is 5.75 Å². The molecule has 1 atom stereocenters. The number of aromatic nitrogens is 1. The first-order valence-corrected chi connectivity index (χ1v) is 7.78. The minimum atomic E-state index is -0.709. The molecular weight excluding hydrogens is 304 g/mol. The number of carbonyl (C=O) groups excluding carboxylic acids is 1. The van der Waals surface area contributed by atoms with Crippen LogP contribution in [0.15, 0.2) is 54.7 Å². The van der Waals surface area contributed by atoms with Gasteiger partial charge in [0, 0.05) is 29.1 Å². The summed E-state index contributed by atoms with van der Waals surface area (Å²) in [6.45, 7) is 0.143. The summed E-state index contributed by atoms with van der Waals surface area (Å²) < 4.78 is 10.6. The molecular formula is C19H20N2O3. The van der Waals surface area contributed by atoms with Crippen LogP contribution in [0.3, 0.4) is 0 Å². The number of carbonyl (C=O) groups is 1. The Morgan fingerprint density at radius 2 is 1.88 bits per heavy atom. The van der Waals surface area contributed by atoms with Gasteiger partial charge in [0.1, 0.15) is 18.4 Å². The van der Waals surface area contributed by atoms with Crippen molar-refractivity contribution in [2.45, 2.75) is 19.1 Å². The first kappa shape index (κ1) is 16.1. The summed E-state index contributed by atoms with van der Waals surface area (Å²) in [5.74, 6) is 0.265. The fourth-order valence-electron chi connectivity index (χ4n) is 2.70. The van der Waals surface area contributed by atoms with Crippen molar-refractivity contribution in [3.63, 3.8) is 0 Å². The average Bonchev–Trinajstić information content (AvgIpc) is 3.03. The van der Waals surface area contributed by atoms with Crippen LogP contribution < -0.4 is 10.5 Å². The number of para-hydroxylation sites is 2. The highest BCUT2D eigenvalue weighted by Crippen LogP contribution is 2.20. The van der Waals surface area contributed by atoms with E-state index in [0.717, 1.165) is 22.0 Å². The number of H-pyrrole nitrogens is 1. The molecule has 1 heterocycles. The van der Waals surface area contributed by atoms with Crippen molar-refractivity contribution in [3.8, 4) is 5.75 Å². The Morgan fingerprint density at radius 1 is 1.12 bits per heavy atom. The molecule has 0 saturated carbocycles. The molecule has 0 aliphatic rings. The lowest BCUT2D eigenvalue weighted by Gasteiger charge is -2.13. The maximum absolute atomic E-state index is 12.2. The fraction of sp³-hybridized carbons (Fsp3) is 0.211. The van der Waals surface area contributed by atoms with Crippen LogP contribution in [0, 0.1) is 0 Å². The van der Waals surface area contributed by atoms with Gasteiger partial charge in [-0.3, -0.25) is 4.79 Å². The number of fused-ring (bicyclic) bond motifs is 1. The Bertz CT molecular complexity index is 841. The van der Waals surface area contributed by atoms with Gasteiger partial charge >= 0.3 is 5.97 Å². The minimum absolute atomic E-state index is 0.143. The molecule has 0 amide bonds. The predicted octanol–water partition coefficient (Wildman–Crippen LogP) is 2.79. The number of nitrogens with two attached hydrogens (primary N) is 1. The summed E-state index contributed by atoms with van der Waals surface area (Å²) >= 11 is 0. The number of hydrogen-bond acceptors (Lipinski definition) is 4. The number of ether oxygens (including phenoxy) is 2. The molecule has 124 valence electrons. The van der Waals surface area contributed by atoms with Crippen LogP contribution in [0.1, 0.15) is 11.1 Å². The Morgan fingerprint density at radius 3 is 2.71 bits per heavy atom. The second-order valence-corrected chi connectivity index (χ2v) is 5.59. The molecule has 3 rings (SSSR count). The molecule has 24 heavy (non-hydrogen) atoms. The van der Waals surface area contributed by atoms with Crippen molar-refractivity contribution in [2.75, 3.05) is 7.11 Å². The number of hydrogen-bond donors (Lipinski definition) is 2. The molecule has 3 aromatic rings. The molecule has 5 nitrogen and oxygen atoms in total. The van der Waals surface area contributed by atoms with Gasteiger partial charge in [0.05, 0.1) is 7.11 Å². The first-order valence-electron chi connectivity index (χ1n) is 7.78. The second-order valence-electron chi connectivity index (χ2n) is 5.59. The summed E-state index contributed by atoms with van der Waals surface area (Å²) in [5.41, 5.74) is 8.86. The molecule has 0 spiro atoms. The molecule has 0 bridgehead atoms. The highest BCUT2D eigenvalue weighted by molar-refractivity contribution is 5.84. The maximum Gasteiger partial charge on any atom is 0.323 e. The molecule has 1 aromatic heterocycles. The minimum Gasteiger partial charge on any atom is -0.496 e. The highest BCUT2D eigenvalue weighted by atomic mass is 16.5. The summed E-state index contributed by atoms with van der Waals surface area (Å²) in [5, 5.41) is 1.07. The fourth-order valence-corrected chi connectivity index (χ4v) is 2.70. The second kappa shape index (κ2) is 7.19. The number of nitrogens with one attached hydrogen (secondary N) is 1. The van der Waals surface area contributed by atoms with Crippen molar-refractivity contribution in [3.05, 3.63) is 65.9 Å². The van der Waals surface area contributed by atoms with E-state index in [-0.39, 0.29) is 6.61 Å². The summed E-state index contributed by atoms with van der Waals surface area (Å²) in [6, 6.07) is 14.6. The van der Waals surface area contributed by atoms with Crippen LogP contribution in [0.4, 0.5) is 0 Å². The number of rotatable bonds is 6. The molecule has 0 fully saturated rings. The summed E-state index contributed by atoms with van der Waals surface area (Å²) in [4.78, 5) is 15.4. The Balaban J connectivity index is 1.63. The number of aromatic amines is 1. The van der Waals surface area contributed by atoms with Gasteiger partial charge in [-0.25, -0.2) is 0 Å². The lowest BCUT2D eigenvalue weighted by atomic mass is 10.1. The van der Waals surface area contributed by atoms with Crippen molar-refractivity contribution >= 4 is 16.9 Å². The van der Waals surface area contributed by atoms with Gasteiger partial charge in [-0.2, -0.15) is 0 Å². The van der Waals surface area contributed by atoms with E-state index in [1.54, 1.807) is 7.11 Å². The first-order chi connectivity index (χ1) is 11.7. The molecule has 0 radical (unpaired) electrons. The standard InChI is InChI=1S/C19H20N2O3/c1-23-18-9-5-2-6-13(18)12-24-19(22)16(20)10-14-11-21-17-8-4-3-7-15(14)17/h2-9,11,16,21H,10,12,20H2,1H3/t16-/m0/s1. The molecule has 0 saturated heterocycles. The van der Waals surface area contributed by atoms with Crippen molar-refractivity contribution in [1.82, 2.24) is 4.98 Å². The van der Waals surface area contributed by atoms with E-state index >= 15 is 0 Å². The zero-order chi connectivity index (χ0) is 16.9. The lowest BCUT2D eigenvalue weighted by molar-refractivity contribution is -0.146. The monoisotopic (exact) mass is 324 g/mol. The normalized spacial score (nSPS) is 12.1. The van der Waals surface area contributed by atoms with E-state index in [1.165, 1.54) is 0 Å². The van der Waals surface area contributed by atoms with E-state index in [9.17, 15) is 4.79 Å². The van der Waals surface area contributed by atoms with Gasteiger partial charge < -0.3 is 20.2 Å². The van der Waals surface area contributed by atoms with Crippen LogP contribution >= 0.6 is 0 Å². The van der Waals surface area contributed by atoms with Crippen LogP contribution in [-0.4, -0.2) is 24.1 Å². The van der Waals surface area contributed by atoms with Crippen LogP contribution in [0.2, 0.25) is 0 Å². The highest BCUT2D eigenvalue weighted by Gasteiger charge is 2.18. The maximum atomic E-state index is 12.2. The van der Waals surface area contributed by atoms with Gasteiger partial charge in [0.25, 0.3) is 0 Å². The van der Waals surface area contributed by atoms with E-state index in [2.05, 4.69) is 4.98 Å². The van der Waals surface area contributed by atoms with E-state index in [4.69, 9.17) is 15.2 Å². The number of methoxy groups -OCH3 is 1. The topological polar surface area (TPSA) is 77.3 Å². The predicted molar refractivity (Wildman–Crippen MR) is 92.8 cm³/mol. The van der Waals surface area contributed by atoms with Gasteiger partial charge in [0.15, 0.2) is 0 Å². The van der Waals surface area contributed by atoms with Crippen molar-refractivity contribution in [1.29, 1.82) is 0 Å². The molecule has 0 aliphatic carbocycles. The quantitative estimate of drug-likeness (QED) is 0.684. The lowest BCUT2D eigenvalue weighted by Crippen LogP contribution is -2.34. The Kier molecular flexibility index (Phi) is 4.82. The van der Waals surface area contributed by atoms with Gasteiger partial charge in [-0.1, -0.05) is 36.4 Å². The van der Waals surface area contributed by atoms with Gasteiger partial charge in [-0.15, -0.1) is 0 Å². The van der Waals surface area contributed by atoms with Gasteiger partial charge in [0.2, 0.25) is 0 Å². The third kappa shape index (κ3) is 3.41. The molecule has 0 unspecified atom stereocenters. The smallest absolute Gasteiger partial charge is 0.323 e. The largest absolute Gasteiger partial charge is 0.496 e. The zero-order valence-electron chi connectivity index (χ0n) is 13.5. The Hall–Kier alpha value is -2.79. The summed E-state index contributed by atoms with van der Waals surface area (Å²) in [6.07, 6.45) is 2.31. The zero-order valence-corrected chi connectivity index (χ0v) is 13.5. The average molecular weight is 324 g/mol. The van der Waals surface area contributed by atoms with E-state index in [0.29, 0.717) is 12.2 Å². The van der Waals surface area contributed by atoms with Gasteiger partial charge in [-0.05, 0) is 17.7 Å².